The summed E-state index contributed by atoms with van der Waals surface area (Å²) in [6.45, 7) is 2.47. The third-order valence-corrected chi connectivity index (χ3v) is 5.28. The van der Waals surface area contributed by atoms with Crippen molar-refractivity contribution in [1.82, 2.24) is 19.7 Å². The number of carbonyl (C=O) groups is 1. The monoisotopic (exact) mass is 421 g/mol. The Labute approximate surface area is 181 Å². The number of benzene rings is 1. The fraction of sp³-hybridized carbons (Fsp3) is 0.348. The van der Waals surface area contributed by atoms with E-state index in [0.717, 1.165) is 48.6 Å². The quantitative estimate of drug-likeness (QED) is 0.630. The van der Waals surface area contributed by atoms with Gasteiger partial charge in [0.15, 0.2) is 5.69 Å². The van der Waals surface area contributed by atoms with Gasteiger partial charge in [-0.15, -0.1) is 0 Å². The van der Waals surface area contributed by atoms with Gasteiger partial charge in [0.1, 0.15) is 12.4 Å². The Morgan fingerprint density at radius 1 is 1.10 bits per heavy atom. The second-order valence-corrected chi connectivity index (χ2v) is 7.40. The van der Waals surface area contributed by atoms with E-state index in [4.69, 9.17) is 15.2 Å². The van der Waals surface area contributed by atoms with Gasteiger partial charge in [0.2, 0.25) is 5.88 Å². The van der Waals surface area contributed by atoms with Gasteiger partial charge in [0, 0.05) is 31.3 Å². The number of likely N-dealkylation sites (tertiary alicyclic amines) is 1. The smallest absolute Gasteiger partial charge is 0.274 e. The molecule has 1 saturated heterocycles. The van der Waals surface area contributed by atoms with E-state index in [2.05, 4.69) is 10.1 Å². The van der Waals surface area contributed by atoms with E-state index in [-0.39, 0.29) is 5.91 Å². The summed E-state index contributed by atoms with van der Waals surface area (Å²) in [5, 5.41) is 4.66. The minimum absolute atomic E-state index is 0.0379. The zero-order chi connectivity index (χ0) is 21.6. The molecule has 1 aliphatic rings. The zero-order valence-corrected chi connectivity index (χ0v) is 17.7. The van der Waals surface area contributed by atoms with Crippen molar-refractivity contribution in [3.63, 3.8) is 0 Å². The first-order valence-electron chi connectivity index (χ1n) is 10.5. The van der Waals surface area contributed by atoms with Gasteiger partial charge in [-0.3, -0.25) is 4.79 Å². The Balaban J connectivity index is 1.70. The number of carbonyl (C=O) groups excluding carboxylic acids is 1. The molecule has 2 N–H and O–H groups in total. The van der Waals surface area contributed by atoms with Crippen molar-refractivity contribution in [2.75, 3.05) is 33.4 Å². The molecule has 0 radical (unpaired) electrons. The Morgan fingerprint density at radius 3 is 2.52 bits per heavy atom. The lowest BCUT2D eigenvalue weighted by molar-refractivity contribution is 0.0718. The molecule has 8 nitrogen and oxygen atoms in total. The highest BCUT2D eigenvalue weighted by molar-refractivity contribution is 5.93. The molecule has 162 valence electrons. The standard InChI is InChI=1S/C23H27N5O3/c1-30-22-10-7-18(16-25-22)28-21(17-5-8-19(9-6-17)31-14-11-24)15-20(26-28)23(29)27-12-3-2-4-13-27/h5-10,15-16H,2-4,11-14,24H2,1H3. The van der Waals surface area contributed by atoms with Crippen LogP contribution in [0, 0.1) is 0 Å². The van der Waals surface area contributed by atoms with Gasteiger partial charge in [0.05, 0.1) is 24.7 Å². The molecule has 0 atom stereocenters. The number of nitrogens with zero attached hydrogens (tertiary/aromatic N) is 4. The van der Waals surface area contributed by atoms with Crippen LogP contribution in [-0.2, 0) is 0 Å². The number of rotatable bonds is 7. The highest BCUT2D eigenvalue weighted by Gasteiger charge is 2.23. The molecule has 4 rings (SSSR count). The second-order valence-electron chi connectivity index (χ2n) is 7.40. The fourth-order valence-corrected chi connectivity index (χ4v) is 3.66. The molecular formula is C23H27N5O3. The van der Waals surface area contributed by atoms with Crippen molar-refractivity contribution in [3.05, 3.63) is 54.4 Å². The average Bonchev–Trinajstić information content (AvgIpc) is 3.28. The van der Waals surface area contributed by atoms with Crippen LogP contribution in [0.1, 0.15) is 29.8 Å². The van der Waals surface area contributed by atoms with E-state index in [9.17, 15) is 4.79 Å². The number of ether oxygens (including phenoxy) is 2. The lowest BCUT2D eigenvalue weighted by Gasteiger charge is -2.25. The fourth-order valence-electron chi connectivity index (χ4n) is 3.66. The van der Waals surface area contributed by atoms with Crippen molar-refractivity contribution >= 4 is 5.91 Å². The molecule has 1 aliphatic heterocycles. The maximum Gasteiger partial charge on any atom is 0.274 e. The van der Waals surface area contributed by atoms with Crippen LogP contribution in [0.5, 0.6) is 11.6 Å². The first kappa shape index (κ1) is 20.9. The molecule has 3 heterocycles. The summed E-state index contributed by atoms with van der Waals surface area (Å²) in [6, 6.07) is 13.2. The Morgan fingerprint density at radius 2 is 1.87 bits per heavy atom. The number of nitrogens with two attached hydrogens (primary N) is 1. The Hall–Kier alpha value is -3.39. The third-order valence-electron chi connectivity index (χ3n) is 5.28. The zero-order valence-electron chi connectivity index (χ0n) is 17.7. The van der Waals surface area contributed by atoms with Gasteiger partial charge in [-0.05, 0) is 55.7 Å². The summed E-state index contributed by atoms with van der Waals surface area (Å²) in [7, 11) is 1.57. The SMILES string of the molecule is COc1ccc(-n2nc(C(=O)N3CCCCC3)cc2-c2ccc(OCCN)cc2)cn1. The van der Waals surface area contributed by atoms with E-state index >= 15 is 0 Å². The van der Waals surface area contributed by atoms with Crippen LogP contribution in [0.15, 0.2) is 48.7 Å². The number of hydrogen-bond acceptors (Lipinski definition) is 6. The minimum Gasteiger partial charge on any atom is -0.492 e. The molecule has 3 aromatic rings. The highest BCUT2D eigenvalue weighted by atomic mass is 16.5. The molecule has 0 bridgehead atoms. The molecule has 2 aromatic heterocycles. The van der Waals surface area contributed by atoms with Crippen molar-refractivity contribution in [2.45, 2.75) is 19.3 Å². The average molecular weight is 422 g/mol. The van der Waals surface area contributed by atoms with Crippen LogP contribution in [0.2, 0.25) is 0 Å². The summed E-state index contributed by atoms with van der Waals surface area (Å²) in [5.41, 5.74) is 8.40. The van der Waals surface area contributed by atoms with Gasteiger partial charge >= 0.3 is 0 Å². The maximum atomic E-state index is 13.1. The lowest BCUT2D eigenvalue weighted by atomic mass is 10.1. The van der Waals surface area contributed by atoms with Crippen LogP contribution in [-0.4, -0.2) is 58.9 Å². The largest absolute Gasteiger partial charge is 0.492 e. The number of piperidine rings is 1. The summed E-state index contributed by atoms with van der Waals surface area (Å²) in [6.07, 6.45) is 4.92. The van der Waals surface area contributed by atoms with Crippen molar-refractivity contribution < 1.29 is 14.3 Å². The van der Waals surface area contributed by atoms with Gasteiger partial charge < -0.3 is 20.1 Å². The maximum absolute atomic E-state index is 13.1. The first-order chi connectivity index (χ1) is 15.2. The molecule has 8 heteroatoms. The molecular weight excluding hydrogens is 394 g/mol. The van der Waals surface area contributed by atoms with Gasteiger partial charge in [-0.1, -0.05) is 0 Å². The van der Waals surface area contributed by atoms with Crippen molar-refractivity contribution in [3.8, 4) is 28.6 Å². The molecule has 1 fully saturated rings. The van der Waals surface area contributed by atoms with Crippen LogP contribution in [0.25, 0.3) is 16.9 Å². The number of methoxy groups -OCH3 is 1. The van der Waals surface area contributed by atoms with Crippen LogP contribution in [0.4, 0.5) is 0 Å². The minimum atomic E-state index is -0.0379. The highest BCUT2D eigenvalue weighted by Crippen LogP contribution is 2.27. The predicted molar refractivity (Wildman–Crippen MR) is 118 cm³/mol. The molecule has 0 aliphatic carbocycles. The molecule has 1 aromatic carbocycles. The molecule has 0 saturated carbocycles. The van der Waals surface area contributed by atoms with E-state index in [1.54, 1.807) is 24.1 Å². The van der Waals surface area contributed by atoms with E-state index in [1.807, 2.05) is 41.3 Å². The van der Waals surface area contributed by atoms with Crippen molar-refractivity contribution in [2.24, 2.45) is 5.73 Å². The van der Waals surface area contributed by atoms with Crippen LogP contribution < -0.4 is 15.2 Å². The van der Waals surface area contributed by atoms with Gasteiger partial charge in [0.25, 0.3) is 5.91 Å². The van der Waals surface area contributed by atoms with Crippen molar-refractivity contribution in [1.29, 1.82) is 0 Å². The molecule has 0 unspecified atom stereocenters. The number of hydrogen-bond donors (Lipinski definition) is 1. The summed E-state index contributed by atoms with van der Waals surface area (Å²) >= 11 is 0. The van der Waals surface area contributed by atoms with E-state index in [1.165, 1.54) is 6.42 Å². The van der Waals surface area contributed by atoms with Gasteiger partial charge in [-0.2, -0.15) is 5.10 Å². The van der Waals surface area contributed by atoms with E-state index < -0.39 is 0 Å². The number of amides is 1. The lowest BCUT2D eigenvalue weighted by Crippen LogP contribution is -2.35. The Bertz CT molecular complexity index is 1010. The first-order valence-corrected chi connectivity index (χ1v) is 10.5. The summed E-state index contributed by atoms with van der Waals surface area (Å²) < 4.78 is 12.5. The third kappa shape index (κ3) is 4.69. The van der Waals surface area contributed by atoms with E-state index in [0.29, 0.717) is 24.7 Å². The molecule has 1 amide bonds. The number of pyridine rings is 1. The topological polar surface area (TPSA) is 95.5 Å². The van der Waals surface area contributed by atoms with Crippen LogP contribution >= 0.6 is 0 Å². The van der Waals surface area contributed by atoms with Gasteiger partial charge in [-0.25, -0.2) is 9.67 Å². The predicted octanol–water partition coefficient (Wildman–Crippen LogP) is 2.91. The molecule has 31 heavy (non-hydrogen) atoms. The number of aromatic nitrogens is 3. The Kier molecular flexibility index (Phi) is 6.47. The normalized spacial score (nSPS) is 13.8. The summed E-state index contributed by atoms with van der Waals surface area (Å²) in [4.78, 5) is 19.3. The second kappa shape index (κ2) is 9.61. The summed E-state index contributed by atoms with van der Waals surface area (Å²) in [5.74, 6) is 1.23. The van der Waals surface area contributed by atoms with Crippen LogP contribution in [0.3, 0.4) is 0 Å². The molecule has 0 spiro atoms.